The van der Waals surface area contributed by atoms with Gasteiger partial charge in [0.15, 0.2) is 0 Å². The third-order valence-electron chi connectivity index (χ3n) is 5.83. The largest absolute Gasteiger partial charge is 0.489 e. The molecule has 182 valence electrons. The Morgan fingerprint density at radius 2 is 1.71 bits per heavy atom. The molecule has 2 amide bonds. The van der Waals surface area contributed by atoms with E-state index in [0.29, 0.717) is 49.5 Å². The lowest BCUT2D eigenvalue weighted by molar-refractivity contribution is -0.121. The van der Waals surface area contributed by atoms with Crippen molar-refractivity contribution < 1.29 is 22.7 Å². The summed E-state index contributed by atoms with van der Waals surface area (Å²) in [7, 11) is -3.78. The summed E-state index contributed by atoms with van der Waals surface area (Å²) in [5.41, 5.74) is 2.02. The van der Waals surface area contributed by atoms with Crippen molar-refractivity contribution in [1.29, 1.82) is 0 Å². The second-order valence-corrected chi connectivity index (χ2v) is 9.86. The molecular formula is C25H26N4O5S. The van der Waals surface area contributed by atoms with E-state index in [0.717, 1.165) is 5.56 Å². The number of aromatic nitrogens is 1. The number of benzene rings is 2. The second kappa shape index (κ2) is 10.7. The number of primary sulfonamides is 1. The summed E-state index contributed by atoms with van der Waals surface area (Å²) in [6, 6.07) is 16.5. The van der Waals surface area contributed by atoms with Crippen molar-refractivity contribution in [3.8, 4) is 5.75 Å². The fraction of sp³-hybridized carbons (Fsp3) is 0.240. The average Bonchev–Trinajstić information content (AvgIpc) is 2.88. The molecule has 1 aromatic heterocycles. The number of piperidine rings is 1. The van der Waals surface area contributed by atoms with E-state index in [1.807, 2.05) is 12.1 Å². The zero-order chi connectivity index (χ0) is 24.8. The van der Waals surface area contributed by atoms with Crippen LogP contribution in [-0.2, 0) is 21.4 Å². The van der Waals surface area contributed by atoms with E-state index in [-0.39, 0.29) is 22.6 Å². The van der Waals surface area contributed by atoms with E-state index in [9.17, 15) is 18.0 Å². The molecule has 1 saturated heterocycles. The molecule has 3 aromatic rings. The zero-order valence-corrected chi connectivity index (χ0v) is 19.8. The molecule has 35 heavy (non-hydrogen) atoms. The van der Waals surface area contributed by atoms with Gasteiger partial charge in [-0.15, -0.1) is 0 Å². The van der Waals surface area contributed by atoms with Gasteiger partial charge in [0.05, 0.1) is 4.90 Å². The van der Waals surface area contributed by atoms with Gasteiger partial charge in [-0.2, -0.15) is 0 Å². The van der Waals surface area contributed by atoms with Gasteiger partial charge >= 0.3 is 0 Å². The SMILES string of the molecule is NS(=O)(=O)c1ccc(NC(=O)C2CCN(C(=O)c3ccc(OCc4cccnc4)cc3)CC2)cc1. The number of rotatable bonds is 7. The van der Waals surface area contributed by atoms with Crippen LogP contribution < -0.4 is 15.2 Å². The van der Waals surface area contributed by atoms with Crippen LogP contribution in [0.4, 0.5) is 5.69 Å². The van der Waals surface area contributed by atoms with Crippen molar-refractivity contribution in [2.75, 3.05) is 18.4 Å². The molecule has 0 aliphatic carbocycles. The summed E-state index contributed by atoms with van der Waals surface area (Å²) in [6.07, 6.45) is 4.53. The highest BCUT2D eigenvalue weighted by atomic mass is 32.2. The Bertz CT molecular complexity index is 1270. The number of anilines is 1. The van der Waals surface area contributed by atoms with Gasteiger partial charge in [-0.05, 0) is 67.4 Å². The van der Waals surface area contributed by atoms with Gasteiger partial charge in [-0.3, -0.25) is 14.6 Å². The summed E-state index contributed by atoms with van der Waals surface area (Å²) < 4.78 is 28.4. The predicted molar refractivity (Wildman–Crippen MR) is 130 cm³/mol. The van der Waals surface area contributed by atoms with Crippen molar-refractivity contribution in [3.05, 3.63) is 84.2 Å². The van der Waals surface area contributed by atoms with Crippen molar-refractivity contribution >= 4 is 27.5 Å². The first-order valence-corrected chi connectivity index (χ1v) is 12.7. The van der Waals surface area contributed by atoms with Crippen molar-refractivity contribution in [2.24, 2.45) is 11.1 Å². The third-order valence-corrected chi connectivity index (χ3v) is 6.76. The van der Waals surface area contributed by atoms with E-state index < -0.39 is 10.0 Å². The van der Waals surface area contributed by atoms with Crippen molar-refractivity contribution in [1.82, 2.24) is 9.88 Å². The molecule has 3 N–H and O–H groups in total. The number of ether oxygens (including phenoxy) is 1. The maximum absolute atomic E-state index is 12.9. The molecule has 1 aliphatic rings. The number of nitrogens with zero attached hydrogens (tertiary/aromatic N) is 2. The number of nitrogens with one attached hydrogen (secondary N) is 1. The maximum Gasteiger partial charge on any atom is 0.253 e. The van der Waals surface area contributed by atoms with Gasteiger partial charge in [0.25, 0.3) is 5.91 Å². The van der Waals surface area contributed by atoms with Crippen LogP contribution in [-0.4, -0.2) is 43.2 Å². The first-order chi connectivity index (χ1) is 16.8. The molecule has 0 bridgehead atoms. The molecule has 0 unspecified atom stereocenters. The molecule has 0 atom stereocenters. The van der Waals surface area contributed by atoms with Crippen LogP contribution >= 0.6 is 0 Å². The lowest BCUT2D eigenvalue weighted by Crippen LogP contribution is -2.41. The Kier molecular flexibility index (Phi) is 7.42. The number of likely N-dealkylation sites (tertiary alicyclic amines) is 1. The van der Waals surface area contributed by atoms with E-state index in [1.165, 1.54) is 24.3 Å². The Morgan fingerprint density at radius 1 is 1.03 bits per heavy atom. The van der Waals surface area contributed by atoms with Gasteiger partial charge in [0, 0.05) is 48.2 Å². The number of carbonyl (C=O) groups is 2. The molecule has 4 rings (SSSR count). The van der Waals surface area contributed by atoms with Crippen LogP contribution in [0.2, 0.25) is 0 Å². The summed E-state index contributed by atoms with van der Waals surface area (Å²) in [5, 5.41) is 7.89. The Labute approximate surface area is 204 Å². The maximum atomic E-state index is 12.9. The Hall–Kier alpha value is -3.76. The smallest absolute Gasteiger partial charge is 0.253 e. The highest BCUT2D eigenvalue weighted by Crippen LogP contribution is 2.23. The van der Waals surface area contributed by atoms with Gasteiger partial charge in [0.1, 0.15) is 12.4 Å². The molecule has 2 heterocycles. The minimum atomic E-state index is -3.78. The fourth-order valence-corrected chi connectivity index (χ4v) is 4.36. The molecule has 9 nitrogen and oxygen atoms in total. The number of hydrogen-bond acceptors (Lipinski definition) is 6. The molecule has 10 heteroatoms. The second-order valence-electron chi connectivity index (χ2n) is 8.30. The van der Waals surface area contributed by atoms with E-state index in [1.54, 1.807) is 41.6 Å². The third kappa shape index (κ3) is 6.43. The van der Waals surface area contributed by atoms with Crippen molar-refractivity contribution in [2.45, 2.75) is 24.3 Å². The highest BCUT2D eigenvalue weighted by molar-refractivity contribution is 7.89. The molecule has 0 spiro atoms. The van der Waals surface area contributed by atoms with Crippen molar-refractivity contribution in [3.63, 3.8) is 0 Å². The Morgan fingerprint density at radius 3 is 2.31 bits per heavy atom. The average molecular weight is 495 g/mol. The summed E-state index contributed by atoms with van der Waals surface area (Å²) >= 11 is 0. The van der Waals surface area contributed by atoms with E-state index in [4.69, 9.17) is 9.88 Å². The minimum Gasteiger partial charge on any atom is -0.489 e. The number of sulfonamides is 1. The van der Waals surface area contributed by atoms with Crippen LogP contribution in [0.15, 0.2) is 78.0 Å². The van der Waals surface area contributed by atoms with Crippen LogP contribution in [0.1, 0.15) is 28.8 Å². The number of amides is 2. The lowest BCUT2D eigenvalue weighted by Gasteiger charge is -2.31. The highest BCUT2D eigenvalue weighted by Gasteiger charge is 2.28. The first-order valence-electron chi connectivity index (χ1n) is 11.1. The standard InChI is InChI=1S/C25H26N4O5S/c26-35(32,33)23-9-5-21(6-10-23)28-24(30)19-11-14-29(15-12-19)25(31)20-3-7-22(8-4-20)34-17-18-2-1-13-27-16-18/h1-10,13,16,19H,11-12,14-15,17H2,(H,28,30)(H2,26,32,33). The number of carbonyl (C=O) groups excluding carboxylic acids is 2. The van der Waals surface area contributed by atoms with Crippen LogP contribution in [0.25, 0.3) is 0 Å². The van der Waals surface area contributed by atoms with Gasteiger partial charge in [0.2, 0.25) is 15.9 Å². The number of hydrogen-bond donors (Lipinski definition) is 2. The quantitative estimate of drug-likeness (QED) is 0.519. The summed E-state index contributed by atoms with van der Waals surface area (Å²) in [4.78, 5) is 31.3. The molecule has 0 radical (unpaired) electrons. The van der Waals surface area contributed by atoms with E-state index in [2.05, 4.69) is 10.3 Å². The molecule has 1 aliphatic heterocycles. The Balaban J connectivity index is 1.26. The molecule has 0 saturated carbocycles. The van der Waals surface area contributed by atoms with Gasteiger partial charge in [-0.25, -0.2) is 13.6 Å². The summed E-state index contributed by atoms with van der Waals surface area (Å²) in [6.45, 7) is 1.34. The minimum absolute atomic E-state index is 0.0181. The van der Waals surface area contributed by atoms with Crippen LogP contribution in [0.3, 0.4) is 0 Å². The van der Waals surface area contributed by atoms with E-state index >= 15 is 0 Å². The molecular weight excluding hydrogens is 468 g/mol. The number of nitrogens with two attached hydrogens (primary N) is 1. The fourth-order valence-electron chi connectivity index (χ4n) is 3.84. The monoisotopic (exact) mass is 494 g/mol. The molecule has 1 fully saturated rings. The van der Waals surface area contributed by atoms with Crippen LogP contribution in [0.5, 0.6) is 5.75 Å². The number of pyridine rings is 1. The topological polar surface area (TPSA) is 132 Å². The first kappa shape index (κ1) is 24.4. The normalized spacial score (nSPS) is 14.4. The predicted octanol–water partition coefficient (Wildman–Crippen LogP) is 2.80. The van der Waals surface area contributed by atoms with Gasteiger partial charge < -0.3 is 15.0 Å². The summed E-state index contributed by atoms with van der Waals surface area (Å²) in [5.74, 6) is 0.190. The van der Waals surface area contributed by atoms with Gasteiger partial charge in [-0.1, -0.05) is 6.07 Å². The zero-order valence-electron chi connectivity index (χ0n) is 19.0. The molecule has 2 aromatic carbocycles. The van der Waals surface area contributed by atoms with Crippen LogP contribution in [0, 0.1) is 5.92 Å². The lowest BCUT2D eigenvalue weighted by atomic mass is 9.95.